The summed E-state index contributed by atoms with van der Waals surface area (Å²) in [6.45, 7) is 1.33. The predicted molar refractivity (Wildman–Crippen MR) is 78.4 cm³/mol. The normalized spacial score (nSPS) is 10.1. The number of carbonyl (C=O) groups is 1. The van der Waals surface area contributed by atoms with Crippen LogP contribution in [0.25, 0.3) is 0 Å². The molecule has 0 saturated heterocycles. The zero-order valence-corrected chi connectivity index (χ0v) is 11.7. The third-order valence-corrected chi connectivity index (χ3v) is 2.87. The van der Waals surface area contributed by atoms with Gasteiger partial charge in [0, 0.05) is 17.3 Å². The Morgan fingerprint density at radius 1 is 1.27 bits per heavy atom. The molecule has 2 aromatic carbocycles. The van der Waals surface area contributed by atoms with Crippen molar-refractivity contribution in [1.29, 1.82) is 0 Å². The average molecular weight is 304 g/mol. The van der Waals surface area contributed by atoms with E-state index in [-0.39, 0.29) is 12.3 Å². The molecule has 1 amide bonds. The van der Waals surface area contributed by atoms with Crippen molar-refractivity contribution in [3.8, 4) is 5.75 Å². The van der Waals surface area contributed by atoms with Gasteiger partial charge in [0.1, 0.15) is 11.6 Å². The number of hydrogen-bond donors (Lipinski definition) is 1. The van der Waals surface area contributed by atoms with Gasteiger partial charge >= 0.3 is 0 Å². The Labute approximate surface area is 125 Å². The first kappa shape index (κ1) is 15.4. The van der Waals surface area contributed by atoms with E-state index >= 15 is 0 Å². The molecule has 0 aliphatic rings. The van der Waals surface area contributed by atoms with Crippen molar-refractivity contribution in [3.05, 3.63) is 64.0 Å². The maximum absolute atomic E-state index is 12.7. The standard InChI is InChI=1S/C15H13FN2O4/c1-10-2-5-12(8-14(10)18(20)21)17-15(19)9-22-13-6-3-11(16)4-7-13/h2-8H,9H2,1H3,(H,17,19). The van der Waals surface area contributed by atoms with Crippen LogP contribution in [-0.4, -0.2) is 17.4 Å². The molecule has 0 radical (unpaired) electrons. The molecule has 0 fully saturated rings. The van der Waals surface area contributed by atoms with Crippen LogP contribution in [0.15, 0.2) is 42.5 Å². The van der Waals surface area contributed by atoms with Crippen molar-refractivity contribution in [1.82, 2.24) is 0 Å². The number of anilines is 1. The third-order valence-electron chi connectivity index (χ3n) is 2.87. The summed E-state index contributed by atoms with van der Waals surface area (Å²) >= 11 is 0. The number of nitrogens with one attached hydrogen (secondary N) is 1. The highest BCUT2D eigenvalue weighted by atomic mass is 19.1. The second-order valence-electron chi connectivity index (χ2n) is 4.55. The number of benzene rings is 2. The van der Waals surface area contributed by atoms with E-state index in [0.717, 1.165) is 0 Å². The first-order chi connectivity index (χ1) is 10.5. The summed E-state index contributed by atoms with van der Waals surface area (Å²) in [5, 5.41) is 13.3. The van der Waals surface area contributed by atoms with Crippen molar-refractivity contribution in [2.24, 2.45) is 0 Å². The largest absolute Gasteiger partial charge is 0.484 e. The molecular weight excluding hydrogens is 291 g/mol. The van der Waals surface area contributed by atoms with E-state index in [1.54, 1.807) is 19.1 Å². The van der Waals surface area contributed by atoms with Gasteiger partial charge in [-0.15, -0.1) is 0 Å². The molecule has 0 unspecified atom stereocenters. The Bertz CT molecular complexity index is 701. The number of carbonyl (C=O) groups excluding carboxylic acids is 1. The lowest BCUT2D eigenvalue weighted by atomic mass is 10.2. The molecule has 0 atom stereocenters. The molecule has 0 aliphatic heterocycles. The number of amides is 1. The second kappa shape index (κ2) is 6.66. The summed E-state index contributed by atoms with van der Waals surface area (Å²) in [5.41, 5.74) is 0.743. The van der Waals surface area contributed by atoms with Gasteiger partial charge in [0.05, 0.1) is 4.92 Å². The highest BCUT2D eigenvalue weighted by molar-refractivity contribution is 5.92. The smallest absolute Gasteiger partial charge is 0.274 e. The van der Waals surface area contributed by atoms with Crippen molar-refractivity contribution in [2.45, 2.75) is 6.92 Å². The van der Waals surface area contributed by atoms with E-state index in [1.165, 1.54) is 30.3 Å². The minimum atomic E-state index is -0.514. The number of aryl methyl sites for hydroxylation is 1. The van der Waals surface area contributed by atoms with Crippen LogP contribution in [0.2, 0.25) is 0 Å². The zero-order valence-electron chi connectivity index (χ0n) is 11.7. The Morgan fingerprint density at radius 3 is 2.59 bits per heavy atom. The van der Waals surface area contributed by atoms with Crippen molar-refractivity contribution in [3.63, 3.8) is 0 Å². The van der Waals surface area contributed by atoms with E-state index in [1.807, 2.05) is 0 Å². The summed E-state index contributed by atoms with van der Waals surface area (Å²) in [7, 11) is 0. The molecular formula is C15H13FN2O4. The zero-order chi connectivity index (χ0) is 16.1. The van der Waals surface area contributed by atoms with E-state index in [2.05, 4.69) is 5.32 Å². The Balaban J connectivity index is 1.96. The first-order valence-corrected chi connectivity index (χ1v) is 6.39. The third kappa shape index (κ3) is 4.02. The minimum Gasteiger partial charge on any atom is -0.484 e. The van der Waals surface area contributed by atoms with Crippen LogP contribution in [0.1, 0.15) is 5.56 Å². The molecule has 2 rings (SSSR count). The van der Waals surface area contributed by atoms with Gasteiger partial charge in [-0.05, 0) is 37.3 Å². The summed E-state index contributed by atoms with van der Waals surface area (Å²) in [6.07, 6.45) is 0. The van der Waals surface area contributed by atoms with Gasteiger partial charge in [0.2, 0.25) is 0 Å². The molecule has 0 spiro atoms. The molecule has 0 aliphatic carbocycles. The topological polar surface area (TPSA) is 81.5 Å². The van der Waals surface area contributed by atoms with Gasteiger partial charge in [-0.3, -0.25) is 14.9 Å². The van der Waals surface area contributed by atoms with Crippen molar-refractivity contribution < 1.29 is 18.8 Å². The fourth-order valence-corrected chi connectivity index (χ4v) is 1.76. The van der Waals surface area contributed by atoms with Gasteiger partial charge in [-0.2, -0.15) is 0 Å². The van der Waals surface area contributed by atoms with Crippen molar-refractivity contribution in [2.75, 3.05) is 11.9 Å². The lowest BCUT2D eigenvalue weighted by Crippen LogP contribution is -2.20. The highest BCUT2D eigenvalue weighted by Gasteiger charge is 2.12. The van der Waals surface area contributed by atoms with Crippen LogP contribution >= 0.6 is 0 Å². The number of nitro groups is 1. The van der Waals surface area contributed by atoms with Crippen LogP contribution in [0, 0.1) is 22.9 Å². The van der Waals surface area contributed by atoms with Crippen LogP contribution in [0.3, 0.4) is 0 Å². The van der Waals surface area contributed by atoms with Gasteiger partial charge in [0.15, 0.2) is 6.61 Å². The minimum absolute atomic E-state index is 0.0720. The fraction of sp³-hybridized carbons (Fsp3) is 0.133. The maximum atomic E-state index is 12.7. The molecule has 6 nitrogen and oxygen atoms in total. The van der Waals surface area contributed by atoms with Gasteiger partial charge in [-0.1, -0.05) is 6.07 Å². The summed E-state index contributed by atoms with van der Waals surface area (Å²) in [4.78, 5) is 22.1. The first-order valence-electron chi connectivity index (χ1n) is 6.39. The summed E-state index contributed by atoms with van der Waals surface area (Å²) in [5.74, 6) is -0.516. The van der Waals surface area contributed by atoms with Gasteiger partial charge in [0.25, 0.3) is 11.6 Å². The average Bonchev–Trinajstić information content (AvgIpc) is 2.48. The Hall–Kier alpha value is -2.96. The molecule has 0 saturated carbocycles. The predicted octanol–water partition coefficient (Wildman–Crippen LogP) is 3.06. The van der Waals surface area contributed by atoms with Crippen LogP contribution in [0.5, 0.6) is 5.75 Å². The summed E-state index contributed by atoms with van der Waals surface area (Å²) < 4.78 is 17.9. The van der Waals surface area contributed by atoms with E-state index < -0.39 is 16.6 Å². The molecule has 1 N–H and O–H groups in total. The van der Waals surface area contributed by atoms with Gasteiger partial charge in [-0.25, -0.2) is 4.39 Å². The molecule has 114 valence electrons. The quantitative estimate of drug-likeness (QED) is 0.680. The summed E-state index contributed by atoms with van der Waals surface area (Å²) in [6, 6.07) is 9.64. The SMILES string of the molecule is Cc1ccc(NC(=O)COc2ccc(F)cc2)cc1[N+](=O)[O-]. The number of hydrogen-bond acceptors (Lipinski definition) is 4. The molecule has 0 bridgehead atoms. The monoisotopic (exact) mass is 304 g/mol. The molecule has 7 heteroatoms. The van der Waals surface area contributed by atoms with E-state index in [4.69, 9.17) is 4.74 Å². The Kier molecular flexibility index (Phi) is 4.67. The molecule has 22 heavy (non-hydrogen) atoms. The van der Waals surface area contributed by atoms with Gasteiger partial charge < -0.3 is 10.1 Å². The molecule has 2 aromatic rings. The van der Waals surface area contributed by atoms with Crippen LogP contribution in [-0.2, 0) is 4.79 Å². The number of nitro benzene ring substituents is 1. The maximum Gasteiger partial charge on any atom is 0.274 e. The van der Waals surface area contributed by atoms with E-state index in [9.17, 15) is 19.3 Å². The molecule has 0 heterocycles. The highest BCUT2D eigenvalue weighted by Crippen LogP contribution is 2.22. The molecule has 0 aromatic heterocycles. The number of nitrogens with zero attached hydrogens (tertiary/aromatic N) is 1. The lowest BCUT2D eigenvalue weighted by Gasteiger charge is -2.08. The fourth-order valence-electron chi connectivity index (χ4n) is 1.76. The lowest BCUT2D eigenvalue weighted by molar-refractivity contribution is -0.385. The number of ether oxygens (including phenoxy) is 1. The van der Waals surface area contributed by atoms with Crippen LogP contribution in [0.4, 0.5) is 15.8 Å². The Morgan fingerprint density at radius 2 is 1.95 bits per heavy atom. The van der Waals surface area contributed by atoms with Crippen LogP contribution < -0.4 is 10.1 Å². The number of halogens is 1. The van der Waals surface area contributed by atoms with Crippen molar-refractivity contribution >= 4 is 17.3 Å². The second-order valence-corrected chi connectivity index (χ2v) is 4.55. The number of rotatable bonds is 5. The van der Waals surface area contributed by atoms with E-state index in [0.29, 0.717) is 17.0 Å².